The first-order valence-corrected chi connectivity index (χ1v) is 13.0. The summed E-state index contributed by atoms with van der Waals surface area (Å²) < 4.78 is 17.6. The van der Waals surface area contributed by atoms with Crippen molar-refractivity contribution in [1.82, 2.24) is 10.2 Å². The number of carbonyl (C=O) groups is 4. The number of likely N-dealkylation sites (N-methyl/N-ethyl adjacent to an activating group) is 1. The maximum Gasteiger partial charge on any atom is 0.335 e. The molecule has 0 aromatic heterocycles. The molecule has 0 radical (unpaired) electrons. The molecular formula is C29H24BrN3O7. The molecule has 2 heterocycles. The monoisotopic (exact) mass is 605 g/mol. The SMILES string of the molecule is COc1c(C=C2C(=O)NC(=O)N(c3ccc(Br)cc3)C2=O)c(CCN(C)C(=O)c2ccccc2)cc2c1OCO2. The van der Waals surface area contributed by atoms with Crippen molar-refractivity contribution >= 4 is 51.4 Å². The maximum absolute atomic E-state index is 13.5. The number of ether oxygens (including phenoxy) is 3. The summed E-state index contributed by atoms with van der Waals surface area (Å²) in [6, 6.07) is 16.3. The van der Waals surface area contributed by atoms with Gasteiger partial charge in [-0.05, 0) is 60.5 Å². The molecule has 1 fully saturated rings. The van der Waals surface area contributed by atoms with Crippen molar-refractivity contribution in [2.45, 2.75) is 6.42 Å². The summed E-state index contributed by atoms with van der Waals surface area (Å²) in [5.41, 5.74) is 1.63. The average molecular weight is 606 g/mol. The Bertz CT molecular complexity index is 1540. The van der Waals surface area contributed by atoms with Crippen LogP contribution in [-0.4, -0.2) is 56.1 Å². The van der Waals surface area contributed by atoms with Gasteiger partial charge in [-0.2, -0.15) is 0 Å². The number of hydrogen-bond donors (Lipinski definition) is 1. The molecule has 2 aliphatic heterocycles. The molecule has 3 aromatic rings. The maximum atomic E-state index is 13.5. The summed E-state index contributed by atoms with van der Waals surface area (Å²) in [6.45, 7) is 0.291. The third kappa shape index (κ3) is 5.15. The number of benzene rings is 3. The molecule has 10 nitrogen and oxygen atoms in total. The van der Waals surface area contributed by atoms with Crippen LogP contribution in [-0.2, 0) is 16.0 Å². The van der Waals surface area contributed by atoms with Gasteiger partial charge in [-0.3, -0.25) is 19.7 Å². The van der Waals surface area contributed by atoms with Crippen LogP contribution in [0.4, 0.5) is 10.5 Å². The van der Waals surface area contributed by atoms with Crippen molar-refractivity contribution in [3.8, 4) is 17.2 Å². The van der Waals surface area contributed by atoms with E-state index in [2.05, 4.69) is 21.2 Å². The molecule has 0 atom stereocenters. The zero-order chi connectivity index (χ0) is 28.4. The number of imide groups is 2. The minimum absolute atomic E-state index is 0.0250. The van der Waals surface area contributed by atoms with Gasteiger partial charge in [0.05, 0.1) is 12.8 Å². The second-order valence-corrected chi connectivity index (χ2v) is 9.91. The number of hydrogen-bond acceptors (Lipinski definition) is 7. The number of fused-ring (bicyclic) bond motifs is 1. The van der Waals surface area contributed by atoms with Crippen molar-refractivity contribution < 1.29 is 33.4 Å². The molecular weight excluding hydrogens is 582 g/mol. The number of rotatable bonds is 7. The highest BCUT2D eigenvalue weighted by Crippen LogP contribution is 2.46. The first-order valence-electron chi connectivity index (χ1n) is 12.3. The summed E-state index contributed by atoms with van der Waals surface area (Å²) in [7, 11) is 3.13. The Morgan fingerprint density at radius 1 is 1.10 bits per heavy atom. The van der Waals surface area contributed by atoms with Crippen LogP contribution < -0.4 is 24.4 Å². The van der Waals surface area contributed by atoms with E-state index in [1.54, 1.807) is 66.5 Å². The van der Waals surface area contributed by atoms with E-state index in [9.17, 15) is 19.2 Å². The summed E-state index contributed by atoms with van der Waals surface area (Å²) in [4.78, 5) is 54.4. The highest BCUT2D eigenvalue weighted by atomic mass is 79.9. The number of carbonyl (C=O) groups excluding carboxylic acids is 4. The molecule has 0 bridgehead atoms. The van der Waals surface area contributed by atoms with Crippen molar-refractivity contribution in [1.29, 1.82) is 0 Å². The minimum Gasteiger partial charge on any atom is -0.492 e. The molecule has 0 spiro atoms. The van der Waals surface area contributed by atoms with E-state index in [1.165, 1.54) is 13.2 Å². The van der Waals surface area contributed by atoms with E-state index in [1.807, 2.05) is 6.07 Å². The Kier molecular flexibility index (Phi) is 7.56. The smallest absolute Gasteiger partial charge is 0.335 e. The fraction of sp³-hybridized carbons (Fsp3) is 0.172. The molecule has 0 saturated carbocycles. The normalized spacial score (nSPS) is 15.3. The Morgan fingerprint density at radius 2 is 1.82 bits per heavy atom. The van der Waals surface area contributed by atoms with Crippen LogP contribution >= 0.6 is 15.9 Å². The summed E-state index contributed by atoms with van der Waals surface area (Å²) >= 11 is 3.33. The van der Waals surface area contributed by atoms with Crippen molar-refractivity contribution in [3.63, 3.8) is 0 Å². The van der Waals surface area contributed by atoms with Gasteiger partial charge in [0, 0.05) is 29.2 Å². The first kappa shape index (κ1) is 26.9. The summed E-state index contributed by atoms with van der Waals surface area (Å²) in [6.07, 6.45) is 1.72. The highest BCUT2D eigenvalue weighted by Gasteiger charge is 2.37. The van der Waals surface area contributed by atoms with Crippen LogP contribution in [0.15, 0.2) is 70.7 Å². The van der Waals surface area contributed by atoms with Crippen LogP contribution in [0.3, 0.4) is 0 Å². The standard InChI is InChI=1S/C29H24BrN3O7/c1-32(27(35)17-6-4-3-5-7-17)13-12-18-14-23-25(40-16-39-23)24(38-2)21(18)15-22-26(34)31-29(37)33(28(22)36)20-10-8-19(30)9-11-20/h3-11,14-15H,12-13,16H2,1-2H3,(H,31,34,37). The summed E-state index contributed by atoms with van der Waals surface area (Å²) in [5, 5.41) is 2.23. The lowest BCUT2D eigenvalue weighted by Crippen LogP contribution is -2.54. The zero-order valence-electron chi connectivity index (χ0n) is 21.6. The largest absolute Gasteiger partial charge is 0.492 e. The van der Waals surface area contributed by atoms with Gasteiger partial charge in [0.25, 0.3) is 17.7 Å². The molecule has 0 unspecified atom stereocenters. The third-order valence-electron chi connectivity index (χ3n) is 6.51. The Morgan fingerprint density at radius 3 is 2.52 bits per heavy atom. The number of nitrogens with one attached hydrogen (secondary N) is 1. The number of methoxy groups -OCH3 is 1. The molecule has 0 aliphatic carbocycles. The molecule has 40 heavy (non-hydrogen) atoms. The van der Waals surface area contributed by atoms with Gasteiger partial charge in [-0.1, -0.05) is 34.1 Å². The van der Waals surface area contributed by atoms with Gasteiger partial charge in [0.1, 0.15) is 5.57 Å². The van der Waals surface area contributed by atoms with Crippen molar-refractivity contribution in [2.24, 2.45) is 0 Å². The van der Waals surface area contributed by atoms with Gasteiger partial charge < -0.3 is 19.1 Å². The molecule has 2 aliphatic rings. The Labute approximate surface area is 238 Å². The van der Waals surface area contributed by atoms with E-state index >= 15 is 0 Å². The van der Waals surface area contributed by atoms with Crippen LogP contribution in [0.5, 0.6) is 17.2 Å². The van der Waals surface area contributed by atoms with Crippen molar-refractivity contribution in [2.75, 3.05) is 32.4 Å². The number of halogens is 1. The van der Waals surface area contributed by atoms with Gasteiger partial charge in [0.2, 0.25) is 12.5 Å². The quantitative estimate of drug-likeness (QED) is 0.317. The molecule has 1 saturated heterocycles. The first-order chi connectivity index (χ1) is 19.3. The number of urea groups is 1. The number of barbiturate groups is 1. The lowest BCUT2D eigenvalue weighted by molar-refractivity contribution is -0.122. The fourth-order valence-corrected chi connectivity index (χ4v) is 4.73. The molecule has 1 N–H and O–H groups in total. The van der Waals surface area contributed by atoms with Gasteiger partial charge in [-0.25, -0.2) is 9.69 Å². The zero-order valence-corrected chi connectivity index (χ0v) is 23.2. The molecule has 5 rings (SSSR count). The summed E-state index contributed by atoms with van der Waals surface area (Å²) in [5.74, 6) is -0.752. The number of amides is 5. The molecule has 3 aromatic carbocycles. The van der Waals surface area contributed by atoms with Crippen LogP contribution in [0.2, 0.25) is 0 Å². The second-order valence-electron chi connectivity index (χ2n) is 8.99. The topological polar surface area (TPSA) is 114 Å². The highest BCUT2D eigenvalue weighted by molar-refractivity contribution is 9.10. The van der Waals surface area contributed by atoms with Crippen LogP contribution in [0.25, 0.3) is 6.08 Å². The number of nitrogens with zero attached hydrogens (tertiary/aromatic N) is 2. The molecule has 11 heteroatoms. The van der Waals surface area contributed by atoms with Gasteiger partial charge >= 0.3 is 6.03 Å². The van der Waals surface area contributed by atoms with Gasteiger partial charge in [-0.15, -0.1) is 0 Å². The Balaban J connectivity index is 1.52. The second kappa shape index (κ2) is 11.2. The van der Waals surface area contributed by atoms with Gasteiger partial charge in [0.15, 0.2) is 11.5 Å². The van der Waals surface area contributed by atoms with E-state index in [-0.39, 0.29) is 24.0 Å². The third-order valence-corrected chi connectivity index (χ3v) is 7.04. The lowest BCUT2D eigenvalue weighted by atomic mass is 9.97. The predicted octanol–water partition coefficient (Wildman–Crippen LogP) is 4.17. The van der Waals surface area contributed by atoms with Crippen molar-refractivity contribution in [3.05, 3.63) is 87.4 Å². The number of anilines is 1. The predicted molar refractivity (Wildman–Crippen MR) is 149 cm³/mol. The molecule has 204 valence electrons. The molecule has 5 amide bonds. The van der Waals surface area contributed by atoms with Crippen LogP contribution in [0, 0.1) is 0 Å². The van der Waals surface area contributed by atoms with E-state index in [4.69, 9.17) is 14.2 Å². The lowest BCUT2D eigenvalue weighted by Gasteiger charge is -2.27. The fourth-order valence-electron chi connectivity index (χ4n) is 4.46. The van der Waals surface area contributed by atoms with Crippen LogP contribution in [0.1, 0.15) is 21.5 Å². The average Bonchev–Trinajstić information content (AvgIpc) is 3.43. The van der Waals surface area contributed by atoms with E-state index in [0.29, 0.717) is 46.8 Å². The van der Waals surface area contributed by atoms with E-state index in [0.717, 1.165) is 9.37 Å². The Hall–Kier alpha value is -4.64. The minimum atomic E-state index is -0.853. The van der Waals surface area contributed by atoms with E-state index < -0.39 is 17.8 Å².